The second kappa shape index (κ2) is 5.30. The molecule has 3 atom stereocenters. The molecule has 1 aromatic carbocycles. The molecule has 0 bridgehead atoms. The molecule has 1 saturated carbocycles. The number of fused-ring (bicyclic) bond motifs is 1. The summed E-state index contributed by atoms with van der Waals surface area (Å²) in [5.41, 5.74) is 1.01. The van der Waals surface area contributed by atoms with Crippen molar-refractivity contribution in [1.82, 2.24) is 10.2 Å². The molecule has 3 aliphatic rings. The van der Waals surface area contributed by atoms with Gasteiger partial charge in [0, 0.05) is 26.1 Å². The number of likely N-dealkylation sites (tertiary alicyclic amines) is 1. The standard InChI is InChI=1S/C17H20N2O3/c20-15-6-12(7-18-15)16-13-8-19(9-14(13)16)17(21)22-10-11-4-2-1-3-5-11/h1-5,12-14,16H,6-10H2,(H,18,20). The number of hydrogen-bond acceptors (Lipinski definition) is 3. The van der Waals surface area contributed by atoms with Crippen LogP contribution in [0.1, 0.15) is 12.0 Å². The number of ether oxygens (including phenoxy) is 1. The highest BCUT2D eigenvalue weighted by Gasteiger charge is 2.60. The van der Waals surface area contributed by atoms with Gasteiger partial charge >= 0.3 is 6.09 Å². The van der Waals surface area contributed by atoms with Crippen molar-refractivity contribution in [2.24, 2.45) is 23.7 Å². The van der Waals surface area contributed by atoms with Gasteiger partial charge in [0.25, 0.3) is 0 Å². The maximum Gasteiger partial charge on any atom is 0.410 e. The average molecular weight is 300 g/mol. The summed E-state index contributed by atoms with van der Waals surface area (Å²) in [6.07, 6.45) is 0.450. The van der Waals surface area contributed by atoms with Crippen molar-refractivity contribution in [2.45, 2.75) is 13.0 Å². The molecule has 0 spiro atoms. The van der Waals surface area contributed by atoms with E-state index in [2.05, 4.69) is 5.32 Å². The molecule has 2 amide bonds. The lowest BCUT2D eigenvalue weighted by atomic mass is 9.99. The Morgan fingerprint density at radius 2 is 1.95 bits per heavy atom. The van der Waals surface area contributed by atoms with Gasteiger partial charge in [-0.15, -0.1) is 0 Å². The Hall–Kier alpha value is -2.04. The molecule has 5 heteroatoms. The van der Waals surface area contributed by atoms with Gasteiger partial charge in [-0.25, -0.2) is 4.79 Å². The van der Waals surface area contributed by atoms with Gasteiger partial charge in [-0.2, -0.15) is 0 Å². The highest BCUT2D eigenvalue weighted by atomic mass is 16.6. The lowest BCUT2D eigenvalue weighted by Gasteiger charge is -2.21. The van der Waals surface area contributed by atoms with Gasteiger partial charge in [-0.05, 0) is 29.2 Å². The van der Waals surface area contributed by atoms with Gasteiger partial charge in [0.1, 0.15) is 6.61 Å². The van der Waals surface area contributed by atoms with E-state index < -0.39 is 0 Å². The van der Waals surface area contributed by atoms with Crippen molar-refractivity contribution in [1.29, 1.82) is 0 Å². The Labute approximate surface area is 129 Å². The number of benzene rings is 1. The number of carbonyl (C=O) groups excluding carboxylic acids is 2. The van der Waals surface area contributed by atoms with E-state index in [0.717, 1.165) is 25.2 Å². The maximum atomic E-state index is 12.1. The topological polar surface area (TPSA) is 58.6 Å². The van der Waals surface area contributed by atoms with Crippen molar-refractivity contribution in [2.75, 3.05) is 19.6 Å². The number of hydrogen-bond donors (Lipinski definition) is 1. The smallest absolute Gasteiger partial charge is 0.410 e. The number of piperidine rings is 1. The largest absolute Gasteiger partial charge is 0.445 e. The van der Waals surface area contributed by atoms with E-state index in [4.69, 9.17) is 4.74 Å². The predicted octanol–water partition coefficient (Wildman–Crippen LogP) is 1.64. The first-order chi connectivity index (χ1) is 10.7. The number of nitrogens with one attached hydrogen (secondary N) is 1. The molecule has 116 valence electrons. The van der Waals surface area contributed by atoms with Crippen LogP contribution in [0.3, 0.4) is 0 Å². The normalized spacial score (nSPS) is 32.5. The predicted molar refractivity (Wildman–Crippen MR) is 79.8 cm³/mol. The van der Waals surface area contributed by atoms with E-state index in [1.807, 2.05) is 35.2 Å². The highest BCUT2D eigenvalue weighted by Crippen LogP contribution is 2.56. The third-order valence-corrected chi connectivity index (χ3v) is 5.28. The number of amides is 2. The summed E-state index contributed by atoms with van der Waals surface area (Å²) < 4.78 is 5.38. The molecule has 22 heavy (non-hydrogen) atoms. The fourth-order valence-corrected chi connectivity index (χ4v) is 4.13. The summed E-state index contributed by atoms with van der Waals surface area (Å²) in [6, 6.07) is 9.73. The summed E-state index contributed by atoms with van der Waals surface area (Å²) in [5.74, 6) is 2.42. The van der Waals surface area contributed by atoms with Crippen molar-refractivity contribution < 1.29 is 14.3 Å². The Balaban J connectivity index is 1.25. The second-order valence-electron chi connectivity index (χ2n) is 6.62. The van der Waals surface area contributed by atoms with Gasteiger partial charge in [0.15, 0.2) is 0 Å². The van der Waals surface area contributed by atoms with Crippen molar-refractivity contribution >= 4 is 12.0 Å². The molecule has 4 rings (SSSR count). The zero-order valence-corrected chi connectivity index (χ0v) is 12.4. The Morgan fingerprint density at radius 1 is 1.23 bits per heavy atom. The van der Waals surface area contributed by atoms with Crippen LogP contribution in [0.15, 0.2) is 30.3 Å². The van der Waals surface area contributed by atoms with Crippen molar-refractivity contribution in [3.05, 3.63) is 35.9 Å². The van der Waals surface area contributed by atoms with Gasteiger partial charge in [0.05, 0.1) is 0 Å². The summed E-state index contributed by atoms with van der Waals surface area (Å²) >= 11 is 0. The molecular formula is C17H20N2O3. The van der Waals surface area contributed by atoms with E-state index >= 15 is 0 Å². The Kier molecular flexibility index (Phi) is 3.28. The second-order valence-corrected chi connectivity index (χ2v) is 6.62. The van der Waals surface area contributed by atoms with Crippen LogP contribution in [-0.4, -0.2) is 36.5 Å². The van der Waals surface area contributed by atoms with E-state index in [-0.39, 0.29) is 12.0 Å². The van der Waals surface area contributed by atoms with E-state index in [1.54, 1.807) is 0 Å². The molecular weight excluding hydrogens is 280 g/mol. The minimum Gasteiger partial charge on any atom is -0.445 e. The van der Waals surface area contributed by atoms with Crippen LogP contribution >= 0.6 is 0 Å². The van der Waals surface area contributed by atoms with E-state index in [0.29, 0.717) is 36.7 Å². The van der Waals surface area contributed by atoms with Gasteiger partial charge in [-0.1, -0.05) is 30.3 Å². The maximum absolute atomic E-state index is 12.1. The molecule has 2 aliphatic heterocycles. The van der Waals surface area contributed by atoms with E-state index in [1.165, 1.54) is 0 Å². The van der Waals surface area contributed by atoms with Gasteiger partial charge in [0.2, 0.25) is 5.91 Å². The third-order valence-electron chi connectivity index (χ3n) is 5.28. The van der Waals surface area contributed by atoms with Crippen LogP contribution in [0.5, 0.6) is 0 Å². The Morgan fingerprint density at radius 3 is 2.59 bits per heavy atom. The fourth-order valence-electron chi connectivity index (χ4n) is 4.13. The first kappa shape index (κ1) is 13.6. The third kappa shape index (κ3) is 2.45. The molecule has 5 nitrogen and oxygen atoms in total. The number of carbonyl (C=O) groups is 2. The molecule has 3 unspecified atom stereocenters. The SMILES string of the molecule is O=C1CC(C2C3CN(C(=O)OCc4ccccc4)CC32)CN1. The Bertz CT molecular complexity index is 577. The number of rotatable bonds is 3. The van der Waals surface area contributed by atoms with Crippen molar-refractivity contribution in [3.63, 3.8) is 0 Å². The lowest BCUT2D eigenvalue weighted by Crippen LogP contribution is -2.33. The molecule has 2 heterocycles. The van der Waals surface area contributed by atoms with Crippen LogP contribution < -0.4 is 5.32 Å². The molecule has 0 aromatic heterocycles. The zero-order valence-electron chi connectivity index (χ0n) is 12.4. The molecule has 3 fully saturated rings. The van der Waals surface area contributed by atoms with Gasteiger partial charge in [-0.3, -0.25) is 4.79 Å². The summed E-state index contributed by atoms with van der Waals surface area (Å²) in [7, 11) is 0. The molecule has 2 saturated heterocycles. The quantitative estimate of drug-likeness (QED) is 0.923. The van der Waals surface area contributed by atoms with Crippen LogP contribution in [-0.2, 0) is 16.1 Å². The minimum absolute atomic E-state index is 0.175. The molecule has 1 N–H and O–H groups in total. The lowest BCUT2D eigenvalue weighted by molar-refractivity contribution is -0.119. The van der Waals surface area contributed by atoms with Crippen LogP contribution in [0.2, 0.25) is 0 Å². The first-order valence-electron chi connectivity index (χ1n) is 7.94. The van der Waals surface area contributed by atoms with E-state index in [9.17, 15) is 9.59 Å². The van der Waals surface area contributed by atoms with Crippen molar-refractivity contribution in [3.8, 4) is 0 Å². The monoisotopic (exact) mass is 300 g/mol. The zero-order chi connectivity index (χ0) is 15.1. The molecule has 1 aromatic rings. The number of nitrogens with zero attached hydrogens (tertiary/aromatic N) is 1. The molecule has 1 aliphatic carbocycles. The highest BCUT2D eigenvalue weighted by molar-refractivity contribution is 5.78. The molecule has 0 radical (unpaired) electrons. The summed E-state index contributed by atoms with van der Waals surface area (Å²) in [4.78, 5) is 25.2. The fraction of sp³-hybridized carbons (Fsp3) is 0.529. The van der Waals surface area contributed by atoms with Gasteiger partial charge < -0.3 is 15.0 Å². The van der Waals surface area contributed by atoms with Crippen LogP contribution in [0.25, 0.3) is 0 Å². The van der Waals surface area contributed by atoms with Crippen LogP contribution in [0, 0.1) is 23.7 Å². The summed E-state index contributed by atoms with van der Waals surface area (Å²) in [6.45, 7) is 2.71. The average Bonchev–Trinajstić information content (AvgIpc) is 2.91. The van der Waals surface area contributed by atoms with Crippen LogP contribution in [0.4, 0.5) is 4.79 Å². The summed E-state index contributed by atoms with van der Waals surface area (Å²) in [5, 5.41) is 2.91. The first-order valence-corrected chi connectivity index (χ1v) is 7.94. The minimum atomic E-state index is -0.213.